The van der Waals surface area contributed by atoms with Crippen molar-refractivity contribution in [1.82, 2.24) is 0 Å². The van der Waals surface area contributed by atoms with Crippen LogP contribution in [0.15, 0.2) is 77.0 Å². The van der Waals surface area contributed by atoms with E-state index in [9.17, 15) is 13.2 Å². The van der Waals surface area contributed by atoms with Crippen LogP contribution in [0, 0.1) is 0 Å². The fourth-order valence-corrected chi connectivity index (χ4v) is 3.98. The van der Waals surface area contributed by atoms with Crippen LogP contribution in [-0.2, 0) is 10.0 Å². The fraction of sp³-hybridized carbons (Fsp3) is 0.0556. The summed E-state index contributed by atoms with van der Waals surface area (Å²) in [7, 11) is -2.16. The quantitative estimate of drug-likeness (QED) is 0.504. The lowest BCUT2D eigenvalue weighted by Crippen LogP contribution is -2.26. The van der Waals surface area contributed by atoms with Gasteiger partial charge in [0.15, 0.2) is 0 Å². The monoisotopic (exact) mass is 373 g/mol. The molecule has 0 aliphatic carbocycles. The van der Waals surface area contributed by atoms with E-state index in [2.05, 4.69) is 0 Å². The van der Waals surface area contributed by atoms with Crippen LogP contribution in [0.3, 0.4) is 0 Å². The number of esters is 1. The lowest BCUT2D eigenvalue weighted by atomic mass is 10.3. The molecule has 0 unspecified atom stereocenters. The van der Waals surface area contributed by atoms with Crippen LogP contribution in [0.2, 0.25) is 0 Å². The number of benzene rings is 2. The zero-order chi connectivity index (χ0) is 17.9. The molecule has 0 atom stereocenters. The molecular formula is C18H15NO4S2. The second-order valence-corrected chi connectivity index (χ2v) is 8.06. The lowest BCUT2D eigenvalue weighted by Gasteiger charge is -2.19. The molecule has 0 saturated heterocycles. The van der Waals surface area contributed by atoms with E-state index in [-0.39, 0.29) is 4.90 Å². The summed E-state index contributed by atoms with van der Waals surface area (Å²) in [5.41, 5.74) is 0.472. The zero-order valence-electron chi connectivity index (χ0n) is 13.3. The molecule has 0 fully saturated rings. The summed E-state index contributed by atoms with van der Waals surface area (Å²) < 4.78 is 31.6. The topological polar surface area (TPSA) is 63.7 Å². The average molecular weight is 373 g/mol. The van der Waals surface area contributed by atoms with E-state index in [0.717, 1.165) is 0 Å². The molecule has 2 aromatic carbocycles. The third-order valence-electron chi connectivity index (χ3n) is 3.53. The van der Waals surface area contributed by atoms with Gasteiger partial charge in [0.25, 0.3) is 10.0 Å². The first-order valence-corrected chi connectivity index (χ1v) is 9.70. The fourth-order valence-electron chi connectivity index (χ4n) is 2.17. The van der Waals surface area contributed by atoms with Crippen LogP contribution < -0.4 is 9.04 Å². The minimum atomic E-state index is -3.64. The van der Waals surface area contributed by atoms with Gasteiger partial charge in [0, 0.05) is 7.05 Å². The number of anilines is 1. The van der Waals surface area contributed by atoms with Crippen molar-refractivity contribution in [2.24, 2.45) is 0 Å². The van der Waals surface area contributed by atoms with Crippen molar-refractivity contribution in [2.75, 3.05) is 11.4 Å². The molecule has 0 amide bonds. The highest BCUT2D eigenvalue weighted by Crippen LogP contribution is 2.25. The molecule has 0 bridgehead atoms. The molecule has 7 heteroatoms. The minimum Gasteiger partial charge on any atom is -0.422 e. The van der Waals surface area contributed by atoms with Gasteiger partial charge in [0.1, 0.15) is 10.6 Å². The number of hydrogen-bond donors (Lipinski definition) is 0. The second kappa shape index (κ2) is 7.08. The summed E-state index contributed by atoms with van der Waals surface area (Å²) in [6.45, 7) is 0. The van der Waals surface area contributed by atoms with E-state index in [1.807, 2.05) is 0 Å². The maximum atomic E-state index is 12.6. The number of carbonyl (C=O) groups excluding carboxylic acids is 1. The van der Waals surface area contributed by atoms with Crippen molar-refractivity contribution >= 4 is 33.0 Å². The highest BCUT2D eigenvalue weighted by Gasteiger charge is 2.21. The van der Waals surface area contributed by atoms with Gasteiger partial charge in [-0.25, -0.2) is 13.2 Å². The van der Waals surface area contributed by atoms with Crippen molar-refractivity contribution < 1.29 is 17.9 Å². The molecule has 5 nitrogen and oxygen atoms in total. The Labute approximate surface area is 150 Å². The summed E-state index contributed by atoms with van der Waals surface area (Å²) in [5, 5.41) is 1.79. The Morgan fingerprint density at radius 1 is 0.960 bits per heavy atom. The SMILES string of the molecule is CN(c1ccc(OC(=O)c2cccs2)cc1)S(=O)(=O)c1ccccc1. The van der Waals surface area contributed by atoms with Gasteiger partial charge >= 0.3 is 5.97 Å². The molecule has 1 aromatic heterocycles. The Balaban J connectivity index is 1.77. The van der Waals surface area contributed by atoms with Gasteiger partial charge < -0.3 is 4.74 Å². The number of thiophene rings is 1. The van der Waals surface area contributed by atoms with Gasteiger partial charge in [-0.3, -0.25) is 4.31 Å². The van der Waals surface area contributed by atoms with Crippen LogP contribution in [0.4, 0.5) is 5.69 Å². The first-order chi connectivity index (χ1) is 12.0. The summed E-state index contributed by atoms with van der Waals surface area (Å²) in [6.07, 6.45) is 0. The molecule has 1 heterocycles. The highest BCUT2D eigenvalue weighted by molar-refractivity contribution is 7.92. The zero-order valence-corrected chi connectivity index (χ0v) is 15.0. The third-order valence-corrected chi connectivity index (χ3v) is 6.18. The molecule has 0 radical (unpaired) electrons. The number of hydrogen-bond acceptors (Lipinski definition) is 5. The van der Waals surface area contributed by atoms with Gasteiger partial charge in [-0.1, -0.05) is 24.3 Å². The first-order valence-electron chi connectivity index (χ1n) is 7.38. The minimum absolute atomic E-state index is 0.214. The Morgan fingerprint density at radius 3 is 2.24 bits per heavy atom. The third kappa shape index (κ3) is 3.72. The van der Waals surface area contributed by atoms with E-state index < -0.39 is 16.0 Å². The Bertz CT molecular complexity index is 950. The lowest BCUT2D eigenvalue weighted by molar-refractivity contribution is 0.0740. The van der Waals surface area contributed by atoms with Crippen molar-refractivity contribution in [3.05, 3.63) is 77.0 Å². The van der Waals surface area contributed by atoms with Gasteiger partial charge in [-0.05, 0) is 47.8 Å². The number of rotatable bonds is 5. The number of ether oxygens (including phenoxy) is 1. The first kappa shape index (κ1) is 17.2. The van der Waals surface area contributed by atoms with Crippen LogP contribution in [0.25, 0.3) is 0 Å². The number of sulfonamides is 1. The number of nitrogens with zero attached hydrogens (tertiary/aromatic N) is 1. The maximum Gasteiger partial charge on any atom is 0.353 e. The molecule has 0 aliphatic rings. The number of carbonyl (C=O) groups is 1. The van der Waals surface area contributed by atoms with E-state index in [0.29, 0.717) is 16.3 Å². The smallest absolute Gasteiger partial charge is 0.353 e. The summed E-state index contributed by atoms with van der Waals surface area (Å²) in [4.78, 5) is 12.6. The van der Waals surface area contributed by atoms with Gasteiger partial charge in [0.2, 0.25) is 0 Å². The van der Waals surface area contributed by atoms with Crippen molar-refractivity contribution in [1.29, 1.82) is 0 Å². The van der Waals surface area contributed by atoms with Crippen molar-refractivity contribution in [3.63, 3.8) is 0 Å². The van der Waals surface area contributed by atoms with E-state index in [1.54, 1.807) is 72.1 Å². The highest BCUT2D eigenvalue weighted by atomic mass is 32.2. The van der Waals surface area contributed by atoms with Crippen LogP contribution in [-0.4, -0.2) is 21.4 Å². The molecule has 0 spiro atoms. The van der Waals surface area contributed by atoms with Gasteiger partial charge in [0.05, 0.1) is 10.6 Å². The predicted molar refractivity (Wildman–Crippen MR) is 97.8 cm³/mol. The van der Waals surface area contributed by atoms with Gasteiger partial charge in [-0.15, -0.1) is 11.3 Å². The van der Waals surface area contributed by atoms with Crippen LogP contribution in [0.5, 0.6) is 5.75 Å². The molecule has 128 valence electrons. The largest absolute Gasteiger partial charge is 0.422 e. The summed E-state index contributed by atoms with van der Waals surface area (Å²) in [5.74, 6) is -0.0827. The van der Waals surface area contributed by atoms with E-state index in [4.69, 9.17) is 4.74 Å². The standard InChI is InChI=1S/C18H15NO4S2/c1-19(25(21,22)16-6-3-2-4-7-16)14-9-11-15(12-10-14)23-18(20)17-8-5-13-24-17/h2-13H,1H3. The maximum absolute atomic E-state index is 12.6. The molecule has 0 saturated carbocycles. The van der Waals surface area contributed by atoms with Crippen LogP contribution in [0.1, 0.15) is 9.67 Å². The Hall–Kier alpha value is -2.64. The summed E-state index contributed by atoms with van der Waals surface area (Å²) >= 11 is 1.30. The predicted octanol–water partition coefficient (Wildman–Crippen LogP) is 3.79. The molecule has 3 aromatic rings. The second-order valence-electron chi connectivity index (χ2n) is 5.15. The molecule has 3 rings (SSSR count). The van der Waals surface area contributed by atoms with Crippen molar-refractivity contribution in [2.45, 2.75) is 4.90 Å². The van der Waals surface area contributed by atoms with Crippen LogP contribution >= 0.6 is 11.3 Å². The Morgan fingerprint density at radius 2 is 1.64 bits per heavy atom. The van der Waals surface area contributed by atoms with Gasteiger partial charge in [-0.2, -0.15) is 0 Å². The molecule has 0 N–H and O–H groups in total. The Kier molecular flexibility index (Phi) is 4.87. The summed E-state index contributed by atoms with van der Waals surface area (Å²) in [6, 6.07) is 18.0. The molecule has 25 heavy (non-hydrogen) atoms. The molecular weight excluding hydrogens is 358 g/mol. The normalized spacial score (nSPS) is 11.1. The molecule has 0 aliphatic heterocycles. The average Bonchev–Trinajstić information content (AvgIpc) is 3.17. The van der Waals surface area contributed by atoms with Crippen molar-refractivity contribution in [3.8, 4) is 5.75 Å². The van der Waals surface area contributed by atoms with E-state index >= 15 is 0 Å². The van der Waals surface area contributed by atoms with E-state index in [1.165, 1.54) is 22.7 Å².